The molecule has 0 saturated heterocycles. The van der Waals surface area contributed by atoms with Crippen LogP contribution in [0.3, 0.4) is 0 Å². The van der Waals surface area contributed by atoms with Crippen LogP contribution in [0.25, 0.3) is 5.69 Å². The highest BCUT2D eigenvalue weighted by atomic mass is 35.5. The molecule has 0 saturated carbocycles. The van der Waals surface area contributed by atoms with Crippen molar-refractivity contribution in [3.05, 3.63) is 107 Å². The van der Waals surface area contributed by atoms with Gasteiger partial charge in [-0.05, 0) is 48.0 Å². The van der Waals surface area contributed by atoms with Crippen LogP contribution < -0.4 is 10.6 Å². The van der Waals surface area contributed by atoms with Crippen LogP contribution in [0.15, 0.2) is 90.3 Å². The molecule has 2 amide bonds. The first kappa shape index (κ1) is 23.5. The Hall–Kier alpha value is -3.62. The summed E-state index contributed by atoms with van der Waals surface area (Å²) in [5, 5.41) is 6.15. The van der Waals surface area contributed by atoms with Gasteiger partial charge < -0.3 is 10.6 Å². The van der Waals surface area contributed by atoms with Crippen molar-refractivity contribution in [2.24, 2.45) is 0 Å². The third kappa shape index (κ3) is 6.03. The molecule has 0 aliphatic heterocycles. The Kier molecular flexibility index (Phi) is 7.61. The van der Waals surface area contributed by atoms with Gasteiger partial charge in [0, 0.05) is 35.9 Å². The van der Waals surface area contributed by atoms with Crippen LogP contribution in [0.5, 0.6) is 0 Å². The van der Waals surface area contributed by atoms with Gasteiger partial charge in [-0.2, -0.15) is 0 Å². The van der Waals surface area contributed by atoms with E-state index in [1.807, 2.05) is 47.0 Å². The second-order valence-electron chi connectivity index (χ2n) is 7.26. The monoisotopic (exact) mass is 494 g/mol. The van der Waals surface area contributed by atoms with Gasteiger partial charge in [-0.1, -0.05) is 53.7 Å². The Bertz CT molecular complexity index is 1300. The Labute approximate surface area is 205 Å². The molecule has 2 N–H and O–H groups in total. The van der Waals surface area contributed by atoms with Crippen LogP contribution in [-0.4, -0.2) is 27.1 Å². The smallest absolute Gasteiger partial charge is 0.251 e. The lowest BCUT2D eigenvalue weighted by molar-refractivity contribution is -0.113. The SMILES string of the molecule is O=C(CSc1nccn1-c1ccc(C(=O)NCc2ccccc2)cc1)Nc1ccc(F)c(Cl)c1. The van der Waals surface area contributed by atoms with Crippen molar-refractivity contribution in [1.82, 2.24) is 14.9 Å². The van der Waals surface area contributed by atoms with Crippen molar-refractivity contribution < 1.29 is 14.0 Å². The Morgan fingerprint density at radius 3 is 2.53 bits per heavy atom. The number of halogens is 2. The number of rotatable bonds is 8. The summed E-state index contributed by atoms with van der Waals surface area (Å²) in [5.41, 5.74) is 2.80. The van der Waals surface area contributed by atoms with Crippen LogP contribution in [-0.2, 0) is 11.3 Å². The molecule has 3 aromatic carbocycles. The van der Waals surface area contributed by atoms with Crippen molar-refractivity contribution in [2.75, 3.05) is 11.1 Å². The number of carbonyl (C=O) groups excluding carboxylic acids is 2. The molecule has 0 aliphatic carbocycles. The number of carbonyl (C=O) groups is 2. The highest BCUT2D eigenvalue weighted by Gasteiger charge is 2.12. The lowest BCUT2D eigenvalue weighted by Crippen LogP contribution is -2.22. The summed E-state index contributed by atoms with van der Waals surface area (Å²) in [5.74, 6) is -0.872. The molecule has 1 aromatic heterocycles. The first-order valence-corrected chi connectivity index (χ1v) is 11.7. The molecule has 9 heteroatoms. The summed E-state index contributed by atoms with van der Waals surface area (Å²) in [6.45, 7) is 0.454. The van der Waals surface area contributed by atoms with Gasteiger partial charge >= 0.3 is 0 Å². The highest BCUT2D eigenvalue weighted by molar-refractivity contribution is 7.99. The number of hydrogen-bond donors (Lipinski definition) is 2. The molecule has 0 fully saturated rings. The van der Waals surface area contributed by atoms with E-state index < -0.39 is 5.82 Å². The van der Waals surface area contributed by atoms with Gasteiger partial charge in [0.05, 0.1) is 10.8 Å². The topological polar surface area (TPSA) is 76.0 Å². The van der Waals surface area contributed by atoms with E-state index in [-0.39, 0.29) is 22.6 Å². The van der Waals surface area contributed by atoms with Gasteiger partial charge in [-0.25, -0.2) is 9.37 Å². The molecule has 1 heterocycles. The number of benzene rings is 3. The van der Waals surface area contributed by atoms with Crippen molar-refractivity contribution in [2.45, 2.75) is 11.7 Å². The molecule has 172 valence electrons. The average molecular weight is 495 g/mol. The summed E-state index contributed by atoms with van der Waals surface area (Å²) in [6, 6.07) is 20.8. The van der Waals surface area contributed by atoms with E-state index >= 15 is 0 Å². The zero-order chi connectivity index (χ0) is 23.9. The number of amides is 2. The minimum Gasteiger partial charge on any atom is -0.348 e. The van der Waals surface area contributed by atoms with Crippen molar-refractivity contribution in [3.8, 4) is 5.69 Å². The summed E-state index contributed by atoms with van der Waals surface area (Å²) < 4.78 is 15.1. The minimum atomic E-state index is -0.546. The fourth-order valence-electron chi connectivity index (χ4n) is 3.15. The largest absolute Gasteiger partial charge is 0.348 e. The predicted molar refractivity (Wildman–Crippen MR) is 132 cm³/mol. The molecule has 0 radical (unpaired) electrons. The van der Waals surface area contributed by atoms with E-state index in [9.17, 15) is 14.0 Å². The normalized spacial score (nSPS) is 10.6. The maximum absolute atomic E-state index is 13.3. The molecular formula is C25H20ClFN4O2S. The van der Waals surface area contributed by atoms with Crippen molar-refractivity contribution in [3.63, 3.8) is 0 Å². The second-order valence-corrected chi connectivity index (χ2v) is 8.61. The second kappa shape index (κ2) is 11.0. The molecule has 4 aromatic rings. The Morgan fingerprint density at radius 2 is 1.79 bits per heavy atom. The van der Waals surface area contributed by atoms with Gasteiger partial charge in [0.1, 0.15) is 5.82 Å². The molecule has 0 spiro atoms. The van der Waals surface area contributed by atoms with E-state index in [1.165, 1.54) is 30.0 Å². The number of aromatic nitrogens is 2. The minimum absolute atomic E-state index is 0.0572. The fraction of sp³-hybridized carbons (Fsp3) is 0.0800. The molecular weight excluding hydrogens is 475 g/mol. The van der Waals surface area contributed by atoms with Gasteiger partial charge in [-0.3, -0.25) is 14.2 Å². The maximum atomic E-state index is 13.3. The Morgan fingerprint density at radius 1 is 1.03 bits per heavy atom. The summed E-state index contributed by atoms with van der Waals surface area (Å²) in [7, 11) is 0. The molecule has 0 aliphatic rings. The van der Waals surface area contributed by atoms with Gasteiger partial charge in [0.15, 0.2) is 5.16 Å². The first-order chi connectivity index (χ1) is 16.5. The van der Waals surface area contributed by atoms with E-state index in [0.717, 1.165) is 11.3 Å². The average Bonchev–Trinajstić information content (AvgIpc) is 3.33. The number of anilines is 1. The van der Waals surface area contributed by atoms with Gasteiger partial charge in [0.2, 0.25) is 5.91 Å². The fourth-order valence-corrected chi connectivity index (χ4v) is 4.10. The van der Waals surface area contributed by atoms with Crippen molar-refractivity contribution in [1.29, 1.82) is 0 Å². The van der Waals surface area contributed by atoms with Crippen LogP contribution in [0.1, 0.15) is 15.9 Å². The van der Waals surface area contributed by atoms with Gasteiger partial charge in [-0.15, -0.1) is 0 Å². The number of hydrogen-bond acceptors (Lipinski definition) is 4. The Balaban J connectivity index is 1.34. The number of nitrogens with zero attached hydrogens (tertiary/aromatic N) is 2. The highest BCUT2D eigenvalue weighted by Crippen LogP contribution is 2.23. The molecule has 0 unspecified atom stereocenters. The third-order valence-electron chi connectivity index (χ3n) is 4.85. The summed E-state index contributed by atoms with van der Waals surface area (Å²) in [6.07, 6.45) is 3.42. The lowest BCUT2D eigenvalue weighted by atomic mass is 10.1. The van der Waals surface area contributed by atoms with E-state index in [1.54, 1.807) is 24.5 Å². The van der Waals surface area contributed by atoms with Crippen LogP contribution >= 0.6 is 23.4 Å². The first-order valence-electron chi connectivity index (χ1n) is 10.3. The van der Waals surface area contributed by atoms with Crippen molar-refractivity contribution >= 4 is 40.9 Å². The van der Waals surface area contributed by atoms with Crippen LogP contribution in [0.4, 0.5) is 10.1 Å². The molecule has 4 rings (SSSR count). The predicted octanol–water partition coefficient (Wildman–Crippen LogP) is 5.33. The zero-order valence-electron chi connectivity index (χ0n) is 17.9. The zero-order valence-corrected chi connectivity index (χ0v) is 19.4. The van der Waals surface area contributed by atoms with E-state index in [0.29, 0.717) is 23.0 Å². The maximum Gasteiger partial charge on any atom is 0.251 e. The molecule has 6 nitrogen and oxygen atoms in total. The molecule has 34 heavy (non-hydrogen) atoms. The van der Waals surface area contributed by atoms with Gasteiger partial charge in [0.25, 0.3) is 5.91 Å². The van der Waals surface area contributed by atoms with E-state index in [2.05, 4.69) is 15.6 Å². The quantitative estimate of drug-likeness (QED) is 0.325. The summed E-state index contributed by atoms with van der Waals surface area (Å²) in [4.78, 5) is 29.0. The summed E-state index contributed by atoms with van der Waals surface area (Å²) >= 11 is 7.00. The number of imidazole rings is 1. The van der Waals surface area contributed by atoms with Crippen LogP contribution in [0.2, 0.25) is 5.02 Å². The molecule has 0 bridgehead atoms. The standard InChI is InChI=1S/C25H20ClFN4O2S/c26-21-14-19(8-11-22(21)27)30-23(32)16-34-25-28-12-13-31(25)20-9-6-18(7-10-20)24(33)29-15-17-4-2-1-3-5-17/h1-14H,15-16H2,(H,29,33)(H,30,32). The number of thioether (sulfide) groups is 1. The van der Waals surface area contributed by atoms with E-state index in [4.69, 9.17) is 11.6 Å². The third-order valence-corrected chi connectivity index (χ3v) is 6.10. The lowest BCUT2D eigenvalue weighted by Gasteiger charge is -2.10. The van der Waals surface area contributed by atoms with Crippen LogP contribution in [0, 0.1) is 5.82 Å². The number of nitrogens with one attached hydrogen (secondary N) is 2. The molecule has 0 atom stereocenters.